The van der Waals surface area contributed by atoms with Crippen molar-refractivity contribution in [3.05, 3.63) is 46.3 Å². The van der Waals surface area contributed by atoms with Crippen LogP contribution in [-0.4, -0.2) is 47.2 Å². The Morgan fingerprint density at radius 3 is 2.38 bits per heavy atom. The van der Waals surface area contributed by atoms with Gasteiger partial charge in [0.05, 0.1) is 23.7 Å². The SMILES string of the molecule is COCC(C)Nc1ncnc(Nc2ccc(C(=O)OCC(C)C)cc2)c1[N+](=O)[O-]. The molecule has 1 atom stereocenters. The van der Waals surface area contributed by atoms with Gasteiger partial charge < -0.3 is 20.1 Å². The highest BCUT2D eigenvalue weighted by atomic mass is 16.6. The molecule has 0 aliphatic carbocycles. The van der Waals surface area contributed by atoms with Crippen molar-refractivity contribution in [1.82, 2.24) is 9.97 Å². The van der Waals surface area contributed by atoms with E-state index < -0.39 is 10.9 Å². The summed E-state index contributed by atoms with van der Waals surface area (Å²) in [5.41, 5.74) is 0.642. The van der Waals surface area contributed by atoms with E-state index >= 15 is 0 Å². The van der Waals surface area contributed by atoms with Crippen molar-refractivity contribution in [1.29, 1.82) is 0 Å². The monoisotopic (exact) mass is 403 g/mol. The first kappa shape index (κ1) is 22.0. The molecule has 0 aliphatic rings. The number of benzene rings is 1. The molecule has 10 nitrogen and oxygen atoms in total. The maximum Gasteiger partial charge on any atom is 0.353 e. The Morgan fingerprint density at radius 1 is 1.14 bits per heavy atom. The number of methoxy groups -OCH3 is 1. The molecule has 2 N–H and O–H groups in total. The van der Waals surface area contributed by atoms with Gasteiger partial charge in [0.2, 0.25) is 11.6 Å². The van der Waals surface area contributed by atoms with Gasteiger partial charge in [0, 0.05) is 18.8 Å². The molecule has 0 aliphatic heterocycles. The summed E-state index contributed by atoms with van der Waals surface area (Å²) >= 11 is 0. The van der Waals surface area contributed by atoms with Crippen molar-refractivity contribution in [2.24, 2.45) is 5.92 Å². The van der Waals surface area contributed by atoms with Crippen LogP contribution in [0.2, 0.25) is 0 Å². The lowest BCUT2D eigenvalue weighted by molar-refractivity contribution is -0.383. The number of esters is 1. The standard InChI is InChI=1S/C19H25N5O5/c1-12(2)9-29-19(25)14-5-7-15(8-6-14)23-18-16(24(26)27)17(20-11-21-18)22-13(3)10-28-4/h5-8,11-13H,9-10H2,1-4H3,(H2,20,21,22,23). The lowest BCUT2D eigenvalue weighted by Gasteiger charge is -2.14. The Morgan fingerprint density at radius 2 is 1.79 bits per heavy atom. The molecule has 29 heavy (non-hydrogen) atoms. The molecule has 0 saturated carbocycles. The normalized spacial score (nSPS) is 11.8. The quantitative estimate of drug-likeness (QED) is 0.348. The van der Waals surface area contributed by atoms with E-state index in [9.17, 15) is 14.9 Å². The molecule has 1 aromatic carbocycles. The number of aromatic nitrogens is 2. The van der Waals surface area contributed by atoms with E-state index in [2.05, 4.69) is 20.6 Å². The van der Waals surface area contributed by atoms with Crippen LogP contribution in [0.1, 0.15) is 31.1 Å². The van der Waals surface area contributed by atoms with Gasteiger partial charge in [-0.3, -0.25) is 10.1 Å². The van der Waals surface area contributed by atoms with Crippen molar-refractivity contribution >= 4 is 29.0 Å². The Labute approximate surface area is 168 Å². The first-order valence-electron chi connectivity index (χ1n) is 9.10. The smallest absolute Gasteiger partial charge is 0.353 e. The maximum atomic E-state index is 12.0. The first-order chi connectivity index (χ1) is 13.8. The summed E-state index contributed by atoms with van der Waals surface area (Å²) in [5.74, 6) is -0.0531. The van der Waals surface area contributed by atoms with Crippen molar-refractivity contribution in [2.75, 3.05) is 31.0 Å². The summed E-state index contributed by atoms with van der Waals surface area (Å²) in [5, 5.41) is 17.4. The van der Waals surface area contributed by atoms with Crippen LogP contribution in [-0.2, 0) is 9.47 Å². The molecule has 2 aromatic rings. The van der Waals surface area contributed by atoms with Crippen LogP contribution in [0.5, 0.6) is 0 Å². The third-order valence-electron chi connectivity index (χ3n) is 3.74. The van der Waals surface area contributed by atoms with E-state index in [1.807, 2.05) is 20.8 Å². The maximum absolute atomic E-state index is 12.0. The zero-order valence-corrected chi connectivity index (χ0v) is 16.8. The van der Waals surface area contributed by atoms with Crippen LogP contribution in [0.4, 0.5) is 23.0 Å². The third-order valence-corrected chi connectivity index (χ3v) is 3.74. The molecule has 0 saturated heterocycles. The fraction of sp³-hybridized carbons (Fsp3) is 0.421. The topological polar surface area (TPSA) is 129 Å². The number of hydrogen-bond donors (Lipinski definition) is 2. The van der Waals surface area contributed by atoms with E-state index in [0.717, 1.165) is 0 Å². The highest BCUT2D eigenvalue weighted by Gasteiger charge is 2.24. The second kappa shape index (κ2) is 10.3. The molecular weight excluding hydrogens is 378 g/mol. The van der Waals surface area contributed by atoms with Gasteiger partial charge >= 0.3 is 11.7 Å². The van der Waals surface area contributed by atoms with Gasteiger partial charge in [0.25, 0.3) is 0 Å². The van der Waals surface area contributed by atoms with E-state index in [4.69, 9.17) is 9.47 Å². The summed E-state index contributed by atoms with van der Waals surface area (Å²) in [7, 11) is 1.54. The Bertz CT molecular complexity index is 841. The average Bonchev–Trinajstić information content (AvgIpc) is 2.66. The number of carbonyl (C=O) groups excluding carboxylic acids is 1. The largest absolute Gasteiger partial charge is 0.462 e. The molecule has 1 aromatic heterocycles. The van der Waals surface area contributed by atoms with Crippen LogP contribution < -0.4 is 10.6 Å². The van der Waals surface area contributed by atoms with E-state index in [0.29, 0.717) is 24.5 Å². The second-order valence-corrected chi connectivity index (χ2v) is 6.87. The van der Waals surface area contributed by atoms with Gasteiger partial charge in [-0.25, -0.2) is 14.8 Å². The molecule has 0 fully saturated rings. The highest BCUT2D eigenvalue weighted by molar-refractivity contribution is 5.90. The fourth-order valence-electron chi connectivity index (χ4n) is 2.43. The Kier molecular flexibility index (Phi) is 7.84. The Hall–Kier alpha value is -3.27. The van der Waals surface area contributed by atoms with Gasteiger partial charge in [-0.1, -0.05) is 13.8 Å². The molecule has 1 unspecified atom stereocenters. The first-order valence-corrected chi connectivity index (χ1v) is 9.10. The molecule has 156 valence electrons. The molecule has 2 rings (SSSR count). The van der Waals surface area contributed by atoms with E-state index in [1.54, 1.807) is 31.4 Å². The number of rotatable bonds is 10. The number of anilines is 3. The van der Waals surface area contributed by atoms with Gasteiger partial charge in [-0.2, -0.15) is 0 Å². The van der Waals surface area contributed by atoms with E-state index in [-0.39, 0.29) is 29.3 Å². The molecule has 0 spiro atoms. The molecule has 10 heteroatoms. The minimum atomic E-state index is -0.554. The number of hydrogen-bond acceptors (Lipinski definition) is 9. The van der Waals surface area contributed by atoms with Crippen LogP contribution in [0.25, 0.3) is 0 Å². The Balaban J connectivity index is 2.18. The minimum Gasteiger partial charge on any atom is -0.462 e. The molecule has 0 bridgehead atoms. The van der Waals surface area contributed by atoms with Crippen molar-refractivity contribution in [2.45, 2.75) is 26.8 Å². The predicted molar refractivity (Wildman–Crippen MR) is 108 cm³/mol. The predicted octanol–water partition coefficient (Wildman–Crippen LogP) is 3.39. The number of nitrogens with one attached hydrogen (secondary N) is 2. The lowest BCUT2D eigenvalue weighted by Crippen LogP contribution is -2.22. The number of carbonyl (C=O) groups is 1. The van der Waals surface area contributed by atoms with Crippen molar-refractivity contribution < 1.29 is 19.2 Å². The summed E-state index contributed by atoms with van der Waals surface area (Å²) in [6.07, 6.45) is 1.23. The average molecular weight is 403 g/mol. The molecule has 0 amide bonds. The van der Waals surface area contributed by atoms with Crippen LogP contribution in [0.15, 0.2) is 30.6 Å². The van der Waals surface area contributed by atoms with Gasteiger partial charge in [0.1, 0.15) is 6.33 Å². The zero-order valence-electron chi connectivity index (χ0n) is 16.8. The summed E-state index contributed by atoms with van der Waals surface area (Å²) in [6, 6.07) is 6.23. The highest BCUT2D eigenvalue weighted by Crippen LogP contribution is 2.31. The molecule has 1 heterocycles. The third kappa shape index (κ3) is 6.39. The van der Waals surface area contributed by atoms with Crippen molar-refractivity contribution in [3.8, 4) is 0 Å². The van der Waals surface area contributed by atoms with Crippen LogP contribution in [0, 0.1) is 16.0 Å². The van der Waals surface area contributed by atoms with Crippen LogP contribution in [0.3, 0.4) is 0 Å². The van der Waals surface area contributed by atoms with E-state index in [1.165, 1.54) is 6.33 Å². The lowest BCUT2D eigenvalue weighted by atomic mass is 10.2. The summed E-state index contributed by atoms with van der Waals surface area (Å²) in [4.78, 5) is 31.0. The van der Waals surface area contributed by atoms with Gasteiger partial charge in [-0.15, -0.1) is 0 Å². The second-order valence-electron chi connectivity index (χ2n) is 6.87. The number of nitro groups is 1. The fourth-order valence-corrected chi connectivity index (χ4v) is 2.43. The number of nitrogens with zero attached hydrogens (tertiary/aromatic N) is 3. The van der Waals surface area contributed by atoms with Gasteiger partial charge in [-0.05, 0) is 37.1 Å². The molecule has 0 radical (unpaired) electrons. The number of ether oxygens (including phenoxy) is 2. The summed E-state index contributed by atoms with van der Waals surface area (Å²) < 4.78 is 10.2. The van der Waals surface area contributed by atoms with Gasteiger partial charge in [0.15, 0.2) is 0 Å². The zero-order chi connectivity index (χ0) is 21.4. The van der Waals surface area contributed by atoms with Crippen molar-refractivity contribution in [3.63, 3.8) is 0 Å². The molecular formula is C19H25N5O5. The summed E-state index contributed by atoms with van der Waals surface area (Å²) in [6.45, 7) is 6.42. The minimum absolute atomic E-state index is 0.0345. The van der Waals surface area contributed by atoms with Crippen LogP contribution >= 0.6 is 0 Å².